The molecule has 36 heavy (non-hydrogen) atoms. The summed E-state index contributed by atoms with van der Waals surface area (Å²) in [4.78, 5) is 53.7. The summed E-state index contributed by atoms with van der Waals surface area (Å²) in [6, 6.07) is 6.31. The standard InChI is InChI=1S/C25H24I4N2O5/c1-11(2)9-15(25(35)36-10-16(32)30-14-8-6-5-7-13(14)12(3)4)31-23(33)17-18(24(31)34)20(27)22(29)21(28)19(17)26/h5-8,11-12,15H,9-10H2,1-4H3,(H,30,32). The number of nitrogens with zero attached hydrogens (tertiary/aromatic N) is 1. The average molecular weight is 940 g/mol. The lowest BCUT2D eigenvalue weighted by Crippen LogP contribution is -2.47. The molecule has 1 N–H and O–H groups in total. The topological polar surface area (TPSA) is 92.8 Å². The number of carbonyl (C=O) groups is 4. The summed E-state index contributed by atoms with van der Waals surface area (Å²) in [5, 5.41) is 2.79. The van der Waals surface area contributed by atoms with Crippen molar-refractivity contribution in [1.29, 1.82) is 0 Å². The van der Waals surface area contributed by atoms with Crippen molar-refractivity contribution in [2.45, 2.75) is 46.1 Å². The van der Waals surface area contributed by atoms with Gasteiger partial charge in [0.05, 0.1) is 11.1 Å². The molecule has 2 aromatic carbocycles. The molecule has 0 saturated carbocycles. The van der Waals surface area contributed by atoms with Crippen LogP contribution in [-0.2, 0) is 14.3 Å². The van der Waals surface area contributed by atoms with Crippen LogP contribution in [0.25, 0.3) is 0 Å². The third kappa shape index (κ3) is 6.18. The summed E-state index contributed by atoms with van der Waals surface area (Å²) in [6.07, 6.45) is 0.226. The molecule has 0 bridgehead atoms. The number of halogens is 4. The Hall–Kier alpha value is -0.560. The number of para-hydroxylation sites is 1. The number of hydrogen-bond donors (Lipinski definition) is 1. The first-order valence-corrected chi connectivity index (χ1v) is 15.5. The minimum absolute atomic E-state index is 0.00276. The summed E-state index contributed by atoms with van der Waals surface area (Å²) < 4.78 is 8.51. The predicted octanol–water partition coefficient (Wildman–Crippen LogP) is 6.42. The Balaban J connectivity index is 1.82. The number of fused-ring (bicyclic) bond motifs is 1. The molecule has 1 heterocycles. The molecule has 0 aromatic heterocycles. The van der Waals surface area contributed by atoms with Gasteiger partial charge in [-0.1, -0.05) is 45.9 Å². The van der Waals surface area contributed by atoms with Crippen molar-refractivity contribution in [2.24, 2.45) is 5.92 Å². The Kier molecular flexibility index (Phi) is 10.4. The molecule has 1 aliphatic rings. The first-order chi connectivity index (χ1) is 16.9. The number of ether oxygens (including phenoxy) is 1. The van der Waals surface area contributed by atoms with Gasteiger partial charge < -0.3 is 10.1 Å². The minimum Gasteiger partial charge on any atom is -0.454 e. The molecule has 0 radical (unpaired) electrons. The van der Waals surface area contributed by atoms with Crippen molar-refractivity contribution in [3.63, 3.8) is 0 Å². The maximum atomic E-state index is 13.5. The normalized spacial score (nSPS) is 13.9. The summed E-state index contributed by atoms with van der Waals surface area (Å²) in [5.74, 6) is -2.09. The van der Waals surface area contributed by atoms with Gasteiger partial charge in [0.25, 0.3) is 17.7 Å². The Morgan fingerprint density at radius 3 is 1.92 bits per heavy atom. The van der Waals surface area contributed by atoms with Crippen molar-refractivity contribution < 1.29 is 23.9 Å². The van der Waals surface area contributed by atoms with E-state index >= 15 is 0 Å². The monoisotopic (exact) mass is 940 g/mol. The van der Waals surface area contributed by atoms with E-state index in [1.54, 1.807) is 6.07 Å². The zero-order chi connectivity index (χ0) is 26.9. The summed E-state index contributed by atoms with van der Waals surface area (Å²) in [6.45, 7) is 7.32. The Morgan fingerprint density at radius 2 is 1.42 bits per heavy atom. The molecule has 1 atom stereocenters. The SMILES string of the molecule is CC(C)CC(C(=O)OCC(=O)Nc1ccccc1C(C)C)N1C(=O)c2c(I)c(I)c(I)c(I)c2C1=O. The van der Waals surface area contributed by atoms with E-state index in [9.17, 15) is 19.2 Å². The lowest BCUT2D eigenvalue weighted by molar-refractivity contribution is -0.151. The molecule has 3 amide bonds. The number of anilines is 1. The van der Waals surface area contributed by atoms with Gasteiger partial charge >= 0.3 is 5.97 Å². The fraction of sp³-hybridized carbons (Fsp3) is 0.360. The number of imide groups is 1. The molecule has 2 aromatic rings. The first-order valence-electron chi connectivity index (χ1n) is 11.2. The summed E-state index contributed by atoms with van der Waals surface area (Å²) >= 11 is 8.47. The molecule has 1 unspecified atom stereocenters. The van der Waals surface area contributed by atoms with Gasteiger partial charge in [-0.25, -0.2) is 4.79 Å². The number of nitrogens with one attached hydrogen (secondary N) is 1. The van der Waals surface area contributed by atoms with Crippen LogP contribution in [-0.4, -0.2) is 41.2 Å². The molecular formula is C25H24I4N2O5. The van der Waals surface area contributed by atoms with Crippen molar-refractivity contribution in [3.05, 3.63) is 55.2 Å². The van der Waals surface area contributed by atoms with E-state index in [1.807, 2.05) is 45.9 Å². The third-order valence-electron chi connectivity index (χ3n) is 5.61. The largest absolute Gasteiger partial charge is 0.454 e. The fourth-order valence-corrected chi connectivity index (χ4v) is 7.59. The van der Waals surface area contributed by atoms with E-state index in [1.165, 1.54) is 0 Å². The highest BCUT2D eigenvalue weighted by Crippen LogP contribution is 2.39. The van der Waals surface area contributed by atoms with Crippen LogP contribution in [0.4, 0.5) is 5.69 Å². The van der Waals surface area contributed by atoms with E-state index in [4.69, 9.17) is 4.74 Å². The van der Waals surface area contributed by atoms with Gasteiger partial charge in [-0.15, -0.1) is 0 Å². The summed E-state index contributed by atoms with van der Waals surface area (Å²) in [5.41, 5.74) is 2.26. The Labute approximate surface area is 264 Å². The second kappa shape index (κ2) is 12.5. The molecule has 0 spiro atoms. The maximum absolute atomic E-state index is 13.5. The van der Waals surface area contributed by atoms with Crippen LogP contribution in [0.3, 0.4) is 0 Å². The number of esters is 1. The zero-order valence-corrected chi connectivity index (χ0v) is 28.6. The van der Waals surface area contributed by atoms with Gasteiger partial charge in [-0.05, 0) is 120 Å². The molecular weight excluding hydrogens is 916 g/mol. The summed E-state index contributed by atoms with van der Waals surface area (Å²) in [7, 11) is 0. The highest BCUT2D eigenvalue weighted by Gasteiger charge is 2.47. The smallest absolute Gasteiger partial charge is 0.329 e. The van der Waals surface area contributed by atoms with E-state index in [2.05, 4.69) is 95.7 Å². The minimum atomic E-state index is -1.13. The van der Waals surface area contributed by atoms with Gasteiger partial charge in [-0.2, -0.15) is 0 Å². The lowest BCUT2D eigenvalue weighted by atomic mass is 10.0. The van der Waals surface area contributed by atoms with E-state index in [-0.39, 0.29) is 18.3 Å². The number of benzene rings is 2. The molecule has 192 valence electrons. The molecule has 1 aliphatic heterocycles. The Bertz CT molecular complexity index is 1200. The van der Waals surface area contributed by atoms with Gasteiger partial charge in [-0.3, -0.25) is 19.3 Å². The van der Waals surface area contributed by atoms with Crippen LogP contribution < -0.4 is 5.32 Å². The molecule has 0 aliphatic carbocycles. The van der Waals surface area contributed by atoms with Gasteiger partial charge in [0.1, 0.15) is 6.04 Å². The second-order valence-electron chi connectivity index (χ2n) is 9.03. The molecule has 7 nitrogen and oxygen atoms in total. The first kappa shape index (κ1) is 30.0. The van der Waals surface area contributed by atoms with Crippen LogP contribution >= 0.6 is 90.4 Å². The maximum Gasteiger partial charge on any atom is 0.329 e. The van der Waals surface area contributed by atoms with E-state index in [0.717, 1.165) is 17.6 Å². The molecule has 11 heteroatoms. The van der Waals surface area contributed by atoms with E-state index in [0.29, 0.717) is 24.0 Å². The van der Waals surface area contributed by atoms with Crippen LogP contribution in [0.1, 0.15) is 66.3 Å². The second-order valence-corrected chi connectivity index (χ2v) is 13.3. The van der Waals surface area contributed by atoms with Crippen LogP contribution in [0, 0.1) is 20.2 Å². The fourth-order valence-electron chi connectivity index (χ4n) is 3.94. The van der Waals surface area contributed by atoms with Crippen LogP contribution in [0.2, 0.25) is 0 Å². The Morgan fingerprint density at radius 1 is 0.889 bits per heavy atom. The van der Waals surface area contributed by atoms with Crippen LogP contribution in [0.15, 0.2) is 24.3 Å². The van der Waals surface area contributed by atoms with Crippen molar-refractivity contribution in [1.82, 2.24) is 4.90 Å². The number of rotatable bonds is 8. The number of carbonyl (C=O) groups excluding carboxylic acids is 4. The zero-order valence-electron chi connectivity index (χ0n) is 20.0. The number of hydrogen-bond acceptors (Lipinski definition) is 5. The molecule has 3 rings (SSSR count). The lowest BCUT2D eigenvalue weighted by Gasteiger charge is -2.26. The van der Waals surface area contributed by atoms with Gasteiger partial charge in [0.15, 0.2) is 6.61 Å². The molecule has 0 saturated heterocycles. The highest BCUT2D eigenvalue weighted by molar-refractivity contribution is 14.1. The van der Waals surface area contributed by atoms with Gasteiger partial charge in [0, 0.05) is 20.0 Å². The van der Waals surface area contributed by atoms with Crippen molar-refractivity contribution in [2.75, 3.05) is 11.9 Å². The number of amides is 3. The highest BCUT2D eigenvalue weighted by atomic mass is 127. The quantitative estimate of drug-likeness (QED) is 0.109. The van der Waals surface area contributed by atoms with Gasteiger partial charge in [0.2, 0.25) is 0 Å². The predicted molar refractivity (Wildman–Crippen MR) is 171 cm³/mol. The van der Waals surface area contributed by atoms with Crippen LogP contribution in [0.5, 0.6) is 0 Å². The van der Waals surface area contributed by atoms with Crippen molar-refractivity contribution >= 4 is 120 Å². The molecule has 0 fully saturated rings. The third-order valence-corrected chi connectivity index (χ3v) is 13.0. The van der Waals surface area contributed by atoms with E-state index < -0.39 is 36.3 Å². The average Bonchev–Trinajstić information content (AvgIpc) is 3.08. The van der Waals surface area contributed by atoms with Crippen molar-refractivity contribution in [3.8, 4) is 0 Å².